The van der Waals surface area contributed by atoms with Gasteiger partial charge in [0.05, 0.1) is 24.2 Å². The highest BCUT2D eigenvalue weighted by Gasteiger charge is 2.31. The summed E-state index contributed by atoms with van der Waals surface area (Å²) in [6.45, 7) is 2.22. The first-order valence-corrected chi connectivity index (χ1v) is 7.57. The van der Waals surface area contributed by atoms with Crippen molar-refractivity contribution >= 4 is 11.6 Å². The maximum Gasteiger partial charge on any atom is 0.416 e. The first-order chi connectivity index (χ1) is 11.3. The summed E-state index contributed by atoms with van der Waals surface area (Å²) in [6, 6.07) is 12.0. The molecule has 0 aromatic heterocycles. The van der Waals surface area contributed by atoms with Gasteiger partial charge in [-0.3, -0.25) is 4.79 Å². The van der Waals surface area contributed by atoms with Crippen LogP contribution in [0.3, 0.4) is 0 Å². The second-order valence-corrected chi connectivity index (χ2v) is 5.78. The Kier molecular flexibility index (Phi) is 4.22. The van der Waals surface area contributed by atoms with E-state index in [4.69, 9.17) is 4.74 Å². The van der Waals surface area contributed by atoms with Gasteiger partial charge in [-0.1, -0.05) is 30.3 Å². The van der Waals surface area contributed by atoms with Crippen molar-refractivity contribution in [2.24, 2.45) is 0 Å². The summed E-state index contributed by atoms with van der Waals surface area (Å²) in [5.74, 6) is 0.352. The molecule has 126 valence electrons. The summed E-state index contributed by atoms with van der Waals surface area (Å²) in [5, 5.41) is 0. The van der Waals surface area contributed by atoms with Crippen LogP contribution in [-0.2, 0) is 17.4 Å². The van der Waals surface area contributed by atoms with Crippen LogP contribution >= 0.6 is 0 Å². The fourth-order valence-corrected chi connectivity index (χ4v) is 2.75. The molecule has 0 spiro atoms. The minimum Gasteiger partial charge on any atom is -0.487 e. The zero-order chi connectivity index (χ0) is 17.3. The number of nitrogens with zero attached hydrogens (tertiary/aromatic N) is 1. The van der Waals surface area contributed by atoms with Crippen molar-refractivity contribution in [2.75, 3.05) is 11.4 Å². The average Bonchev–Trinajstić information content (AvgIpc) is 2.53. The number of hydrogen-bond donors (Lipinski definition) is 0. The molecular formula is C18H16F3NO2. The van der Waals surface area contributed by atoms with Crippen LogP contribution in [-0.4, -0.2) is 18.6 Å². The largest absolute Gasteiger partial charge is 0.487 e. The molecule has 1 unspecified atom stereocenters. The maximum absolute atomic E-state index is 12.8. The van der Waals surface area contributed by atoms with Crippen LogP contribution in [0.25, 0.3) is 0 Å². The number of hydrogen-bond acceptors (Lipinski definition) is 2. The van der Waals surface area contributed by atoms with Gasteiger partial charge < -0.3 is 9.64 Å². The van der Waals surface area contributed by atoms with Crippen LogP contribution < -0.4 is 9.64 Å². The van der Waals surface area contributed by atoms with Gasteiger partial charge in [-0.25, -0.2) is 0 Å². The van der Waals surface area contributed by atoms with E-state index in [0.29, 0.717) is 23.5 Å². The lowest BCUT2D eigenvalue weighted by Crippen LogP contribution is -2.43. The molecule has 0 saturated carbocycles. The molecule has 0 N–H and O–H groups in total. The number of rotatable bonds is 2. The molecule has 2 aromatic carbocycles. The van der Waals surface area contributed by atoms with Crippen molar-refractivity contribution in [1.29, 1.82) is 0 Å². The molecule has 6 heteroatoms. The lowest BCUT2D eigenvalue weighted by atomic mass is 10.1. The van der Waals surface area contributed by atoms with E-state index < -0.39 is 11.7 Å². The number of amides is 1. The van der Waals surface area contributed by atoms with Gasteiger partial charge in [0, 0.05) is 0 Å². The number of carbonyl (C=O) groups excluding carboxylic acids is 1. The van der Waals surface area contributed by atoms with Gasteiger partial charge in [0.25, 0.3) is 0 Å². The zero-order valence-electron chi connectivity index (χ0n) is 13.0. The van der Waals surface area contributed by atoms with E-state index in [9.17, 15) is 18.0 Å². The van der Waals surface area contributed by atoms with Crippen molar-refractivity contribution in [3.8, 4) is 5.75 Å². The van der Waals surface area contributed by atoms with Crippen LogP contribution in [0, 0.1) is 0 Å². The Bertz CT molecular complexity index is 758. The smallest absolute Gasteiger partial charge is 0.416 e. The van der Waals surface area contributed by atoms with Gasteiger partial charge in [-0.15, -0.1) is 0 Å². The lowest BCUT2D eigenvalue weighted by molar-refractivity contribution is -0.137. The van der Waals surface area contributed by atoms with E-state index in [0.717, 1.165) is 12.1 Å². The van der Waals surface area contributed by atoms with E-state index >= 15 is 0 Å². The molecule has 0 saturated heterocycles. The summed E-state index contributed by atoms with van der Waals surface area (Å²) in [5.41, 5.74) is 0.238. The number of alkyl halides is 3. The van der Waals surface area contributed by atoms with E-state index in [-0.39, 0.29) is 18.4 Å². The highest BCUT2D eigenvalue weighted by Crippen LogP contribution is 2.34. The highest BCUT2D eigenvalue weighted by atomic mass is 19.4. The Morgan fingerprint density at radius 1 is 1.21 bits per heavy atom. The van der Waals surface area contributed by atoms with Crippen LogP contribution in [0.5, 0.6) is 5.75 Å². The van der Waals surface area contributed by atoms with E-state index in [1.165, 1.54) is 12.1 Å². The third kappa shape index (κ3) is 3.37. The molecule has 0 radical (unpaired) electrons. The van der Waals surface area contributed by atoms with Gasteiger partial charge >= 0.3 is 6.18 Å². The summed E-state index contributed by atoms with van der Waals surface area (Å²) < 4.78 is 44.1. The fourth-order valence-electron chi connectivity index (χ4n) is 2.75. The van der Waals surface area contributed by atoms with Crippen LogP contribution in [0.2, 0.25) is 0 Å². The molecule has 3 nitrogen and oxygen atoms in total. The molecular weight excluding hydrogens is 319 g/mol. The predicted octanol–water partition coefficient (Wildman–Crippen LogP) is 4.06. The molecule has 1 heterocycles. The van der Waals surface area contributed by atoms with Crippen LogP contribution in [0.4, 0.5) is 18.9 Å². The number of para-hydroxylation sites is 2. The summed E-state index contributed by atoms with van der Waals surface area (Å²) in [7, 11) is 0. The number of anilines is 1. The van der Waals surface area contributed by atoms with Gasteiger partial charge in [-0.2, -0.15) is 13.2 Å². The number of ether oxygens (including phenoxy) is 1. The summed E-state index contributed by atoms with van der Waals surface area (Å²) in [6.07, 6.45) is -4.69. The van der Waals surface area contributed by atoms with E-state index in [1.54, 1.807) is 23.1 Å². The number of fused-ring (bicyclic) bond motifs is 1. The molecule has 0 aliphatic carbocycles. The van der Waals surface area contributed by atoms with Crippen LogP contribution in [0.1, 0.15) is 18.1 Å². The third-order valence-electron chi connectivity index (χ3n) is 3.83. The Hall–Kier alpha value is -2.50. The summed E-state index contributed by atoms with van der Waals surface area (Å²) >= 11 is 0. The molecule has 24 heavy (non-hydrogen) atoms. The van der Waals surface area contributed by atoms with Gasteiger partial charge in [0.1, 0.15) is 11.9 Å². The molecule has 3 rings (SSSR count). The molecule has 1 aliphatic rings. The highest BCUT2D eigenvalue weighted by molar-refractivity contribution is 5.96. The van der Waals surface area contributed by atoms with E-state index in [2.05, 4.69) is 0 Å². The topological polar surface area (TPSA) is 29.5 Å². The Labute approximate surface area is 137 Å². The Balaban J connectivity index is 1.83. The quantitative estimate of drug-likeness (QED) is 0.828. The molecule has 2 aromatic rings. The Morgan fingerprint density at radius 2 is 1.96 bits per heavy atom. The van der Waals surface area contributed by atoms with Gasteiger partial charge in [0.15, 0.2) is 0 Å². The molecule has 1 atom stereocenters. The second kappa shape index (κ2) is 6.19. The Morgan fingerprint density at radius 3 is 2.71 bits per heavy atom. The van der Waals surface area contributed by atoms with Gasteiger partial charge in [0.2, 0.25) is 5.91 Å². The van der Waals surface area contributed by atoms with Crippen LogP contribution in [0.15, 0.2) is 48.5 Å². The first-order valence-electron chi connectivity index (χ1n) is 7.57. The standard InChI is InChI=1S/C18H16F3NO2/c1-12-11-22(15-7-2-3-8-16(15)24-12)17(23)10-13-5-4-6-14(9-13)18(19,20)21/h2-9,12H,10-11H2,1H3. The number of benzene rings is 2. The van der Waals surface area contributed by atoms with Crippen molar-refractivity contribution in [2.45, 2.75) is 25.6 Å². The van der Waals surface area contributed by atoms with Crippen molar-refractivity contribution in [1.82, 2.24) is 0 Å². The molecule has 0 bridgehead atoms. The monoisotopic (exact) mass is 335 g/mol. The molecule has 0 fully saturated rings. The van der Waals surface area contributed by atoms with Gasteiger partial charge in [-0.05, 0) is 30.7 Å². The molecule has 1 amide bonds. The third-order valence-corrected chi connectivity index (χ3v) is 3.83. The second-order valence-electron chi connectivity index (χ2n) is 5.78. The average molecular weight is 335 g/mol. The van der Waals surface area contributed by atoms with Crippen molar-refractivity contribution in [3.05, 3.63) is 59.7 Å². The first kappa shape index (κ1) is 16.4. The number of carbonyl (C=O) groups is 1. The predicted molar refractivity (Wildman–Crippen MR) is 84.0 cm³/mol. The van der Waals surface area contributed by atoms with E-state index in [1.807, 2.05) is 13.0 Å². The zero-order valence-corrected chi connectivity index (χ0v) is 13.0. The van der Waals surface area contributed by atoms with Crippen molar-refractivity contribution in [3.63, 3.8) is 0 Å². The summed E-state index contributed by atoms with van der Waals surface area (Å²) in [4.78, 5) is 14.2. The SMILES string of the molecule is CC1CN(C(=O)Cc2cccc(C(F)(F)F)c2)c2ccccc2O1. The normalized spacial score (nSPS) is 17.2. The number of halogens is 3. The minimum atomic E-state index is -4.42. The molecule has 1 aliphatic heterocycles. The fraction of sp³-hybridized carbons (Fsp3) is 0.278. The minimum absolute atomic E-state index is 0.0923. The van der Waals surface area contributed by atoms with Crippen molar-refractivity contribution < 1.29 is 22.7 Å². The lowest BCUT2D eigenvalue weighted by Gasteiger charge is -2.33. The maximum atomic E-state index is 12.8.